The Morgan fingerprint density at radius 1 is 1.30 bits per heavy atom. The van der Waals surface area contributed by atoms with E-state index in [1.807, 2.05) is 19.9 Å². The summed E-state index contributed by atoms with van der Waals surface area (Å²) < 4.78 is 0.215. The van der Waals surface area contributed by atoms with Gasteiger partial charge in [0.1, 0.15) is 4.32 Å². The van der Waals surface area contributed by atoms with Crippen molar-refractivity contribution in [2.75, 3.05) is 5.32 Å². The van der Waals surface area contributed by atoms with Crippen molar-refractivity contribution < 1.29 is 14.4 Å². The zero-order valence-electron chi connectivity index (χ0n) is 10.9. The first-order valence-electron chi connectivity index (χ1n) is 5.82. The van der Waals surface area contributed by atoms with Gasteiger partial charge in [0.2, 0.25) is 11.7 Å². The number of carbonyl (C=O) groups excluding carboxylic acids is 3. The summed E-state index contributed by atoms with van der Waals surface area (Å²) in [4.78, 5) is 35.2. The van der Waals surface area contributed by atoms with Crippen LogP contribution >= 0.6 is 24.0 Å². The lowest BCUT2D eigenvalue weighted by Gasteiger charge is -2.08. The number of amides is 2. The molecule has 5 nitrogen and oxygen atoms in total. The molecule has 1 aromatic carbocycles. The predicted molar refractivity (Wildman–Crippen MR) is 81.7 cm³/mol. The Morgan fingerprint density at radius 2 is 2.00 bits per heavy atom. The third kappa shape index (κ3) is 3.05. The molecule has 1 saturated heterocycles. The fourth-order valence-corrected chi connectivity index (χ4v) is 2.80. The Balaban J connectivity index is 2.08. The summed E-state index contributed by atoms with van der Waals surface area (Å²) in [6, 6.07) is 5.33. The van der Waals surface area contributed by atoms with Gasteiger partial charge in [-0.3, -0.25) is 14.4 Å². The molecule has 2 amide bonds. The van der Waals surface area contributed by atoms with E-state index in [2.05, 4.69) is 10.6 Å². The van der Waals surface area contributed by atoms with Crippen LogP contribution in [0.5, 0.6) is 0 Å². The minimum absolute atomic E-state index is 0.215. The number of Topliss-reactive ketones (excluding diaryl/α,β-unsaturated/α-hetero) is 1. The summed E-state index contributed by atoms with van der Waals surface area (Å²) in [6.07, 6.45) is 0. The number of aryl methyl sites for hydroxylation is 2. The fraction of sp³-hybridized carbons (Fsp3) is 0.231. The number of anilines is 1. The largest absolute Gasteiger partial charge is 0.319 e. The monoisotopic (exact) mass is 308 g/mol. The standard InChI is InChI=1S/C13H12N2O3S2/c1-6-3-4-8(5-7(6)2)14-11(17)9(16)10-12(18)15-13(19)20-10/h3-5,10H,1-2H3,(H,14,17)(H,15,18,19)/t10-/m0/s1. The fourth-order valence-electron chi connectivity index (χ4n) is 1.66. The van der Waals surface area contributed by atoms with Gasteiger partial charge >= 0.3 is 0 Å². The van der Waals surface area contributed by atoms with Crippen LogP contribution in [-0.4, -0.2) is 27.2 Å². The van der Waals surface area contributed by atoms with Crippen LogP contribution < -0.4 is 10.6 Å². The number of hydrogen-bond donors (Lipinski definition) is 2. The van der Waals surface area contributed by atoms with Crippen LogP contribution in [0.4, 0.5) is 5.69 Å². The summed E-state index contributed by atoms with van der Waals surface area (Å²) in [7, 11) is 0. The Hall–Kier alpha value is -1.73. The highest BCUT2D eigenvalue weighted by Crippen LogP contribution is 2.21. The number of nitrogens with one attached hydrogen (secondary N) is 2. The number of hydrogen-bond acceptors (Lipinski definition) is 5. The lowest BCUT2D eigenvalue weighted by Crippen LogP contribution is -2.37. The van der Waals surface area contributed by atoms with Crippen LogP contribution in [0.2, 0.25) is 0 Å². The highest BCUT2D eigenvalue weighted by atomic mass is 32.2. The third-order valence-electron chi connectivity index (χ3n) is 2.91. The first-order chi connectivity index (χ1) is 9.38. The maximum absolute atomic E-state index is 11.9. The summed E-state index contributed by atoms with van der Waals surface area (Å²) >= 11 is 5.67. The van der Waals surface area contributed by atoms with E-state index in [0.29, 0.717) is 5.69 Å². The molecule has 1 aliphatic heterocycles. The van der Waals surface area contributed by atoms with Crippen LogP contribution in [0, 0.1) is 13.8 Å². The molecule has 0 radical (unpaired) electrons. The number of benzene rings is 1. The van der Waals surface area contributed by atoms with Gasteiger partial charge in [0.05, 0.1) is 0 Å². The predicted octanol–water partition coefficient (Wildman–Crippen LogP) is 1.33. The van der Waals surface area contributed by atoms with E-state index >= 15 is 0 Å². The molecule has 1 heterocycles. The molecule has 0 spiro atoms. The molecule has 2 rings (SSSR count). The third-order valence-corrected chi connectivity index (χ3v) is 4.29. The molecule has 1 aromatic rings. The van der Waals surface area contributed by atoms with Gasteiger partial charge in [0.25, 0.3) is 5.91 Å². The molecule has 1 atom stereocenters. The van der Waals surface area contributed by atoms with Crippen molar-refractivity contribution in [2.24, 2.45) is 0 Å². The molecule has 7 heteroatoms. The summed E-state index contributed by atoms with van der Waals surface area (Å²) in [6.45, 7) is 3.86. The quantitative estimate of drug-likeness (QED) is 0.500. The molecular formula is C13H12N2O3S2. The van der Waals surface area contributed by atoms with Gasteiger partial charge in [-0.25, -0.2) is 0 Å². The van der Waals surface area contributed by atoms with Crippen LogP contribution in [0.1, 0.15) is 11.1 Å². The van der Waals surface area contributed by atoms with Crippen molar-refractivity contribution in [3.05, 3.63) is 29.3 Å². The minimum atomic E-state index is -1.09. The maximum Gasteiger partial charge on any atom is 0.293 e. The Labute approximate surface area is 125 Å². The average Bonchev–Trinajstić information content (AvgIpc) is 2.72. The van der Waals surface area contributed by atoms with E-state index in [9.17, 15) is 14.4 Å². The maximum atomic E-state index is 11.9. The van der Waals surface area contributed by atoms with Gasteiger partial charge in [-0.2, -0.15) is 0 Å². The Morgan fingerprint density at radius 3 is 2.55 bits per heavy atom. The van der Waals surface area contributed by atoms with Crippen molar-refractivity contribution >= 4 is 51.6 Å². The van der Waals surface area contributed by atoms with E-state index in [1.54, 1.807) is 12.1 Å². The van der Waals surface area contributed by atoms with Gasteiger partial charge in [-0.15, -0.1) is 0 Å². The van der Waals surface area contributed by atoms with Gasteiger partial charge in [0.15, 0.2) is 5.25 Å². The summed E-state index contributed by atoms with van der Waals surface area (Å²) in [5.74, 6) is -2.16. The SMILES string of the molecule is Cc1ccc(NC(=O)C(=O)[C@@H]2SC(=S)NC2=O)cc1C. The molecule has 20 heavy (non-hydrogen) atoms. The number of ketones is 1. The molecule has 1 aliphatic rings. The number of thioether (sulfide) groups is 1. The normalized spacial score (nSPS) is 17.8. The van der Waals surface area contributed by atoms with Crippen molar-refractivity contribution in [3.8, 4) is 0 Å². The molecule has 0 saturated carbocycles. The van der Waals surface area contributed by atoms with Crippen molar-refractivity contribution in [1.29, 1.82) is 0 Å². The van der Waals surface area contributed by atoms with E-state index in [1.165, 1.54) is 0 Å². The highest BCUT2D eigenvalue weighted by Gasteiger charge is 2.38. The van der Waals surface area contributed by atoms with Gasteiger partial charge < -0.3 is 10.6 Å². The van der Waals surface area contributed by atoms with Crippen LogP contribution in [-0.2, 0) is 14.4 Å². The van der Waals surface area contributed by atoms with Crippen molar-refractivity contribution in [3.63, 3.8) is 0 Å². The van der Waals surface area contributed by atoms with E-state index < -0.39 is 22.8 Å². The molecule has 0 unspecified atom stereocenters. The number of carbonyl (C=O) groups is 3. The van der Waals surface area contributed by atoms with E-state index in [-0.39, 0.29) is 4.32 Å². The lowest BCUT2D eigenvalue weighted by atomic mass is 10.1. The van der Waals surface area contributed by atoms with E-state index in [0.717, 1.165) is 22.9 Å². The summed E-state index contributed by atoms with van der Waals surface area (Å²) in [5, 5.41) is 3.75. The molecule has 0 aliphatic carbocycles. The summed E-state index contributed by atoms with van der Waals surface area (Å²) in [5.41, 5.74) is 2.62. The number of thiocarbonyl (C=S) groups is 1. The molecule has 0 aromatic heterocycles. The average molecular weight is 308 g/mol. The molecule has 2 N–H and O–H groups in total. The topological polar surface area (TPSA) is 75.3 Å². The Bertz CT molecular complexity index is 628. The Kier molecular flexibility index (Phi) is 4.20. The van der Waals surface area contributed by atoms with Gasteiger partial charge in [-0.1, -0.05) is 30.0 Å². The molecule has 1 fully saturated rings. The minimum Gasteiger partial charge on any atom is -0.319 e. The van der Waals surface area contributed by atoms with Crippen molar-refractivity contribution in [2.45, 2.75) is 19.1 Å². The highest BCUT2D eigenvalue weighted by molar-refractivity contribution is 8.25. The second-order valence-electron chi connectivity index (χ2n) is 4.39. The second kappa shape index (κ2) is 5.72. The van der Waals surface area contributed by atoms with E-state index in [4.69, 9.17) is 12.2 Å². The van der Waals surface area contributed by atoms with Crippen LogP contribution in [0.3, 0.4) is 0 Å². The molecule has 0 bridgehead atoms. The molecule has 104 valence electrons. The first kappa shape index (κ1) is 14.7. The van der Waals surface area contributed by atoms with Crippen LogP contribution in [0.15, 0.2) is 18.2 Å². The number of rotatable bonds is 3. The zero-order chi connectivity index (χ0) is 14.9. The van der Waals surface area contributed by atoms with Crippen molar-refractivity contribution in [1.82, 2.24) is 5.32 Å². The lowest BCUT2D eigenvalue weighted by molar-refractivity contribution is -0.136. The van der Waals surface area contributed by atoms with Gasteiger partial charge in [0, 0.05) is 5.69 Å². The molecular weight excluding hydrogens is 296 g/mol. The van der Waals surface area contributed by atoms with Crippen LogP contribution in [0.25, 0.3) is 0 Å². The van der Waals surface area contributed by atoms with Gasteiger partial charge in [-0.05, 0) is 37.1 Å². The smallest absolute Gasteiger partial charge is 0.293 e. The first-order valence-corrected chi connectivity index (χ1v) is 7.11. The second-order valence-corrected chi connectivity index (χ2v) is 6.17. The zero-order valence-corrected chi connectivity index (χ0v) is 12.5.